The molecule has 0 fully saturated rings. The van der Waals surface area contributed by atoms with Gasteiger partial charge in [-0.1, -0.05) is 25.1 Å². The lowest BCUT2D eigenvalue weighted by atomic mass is 10.1. The molecule has 0 bridgehead atoms. The highest BCUT2D eigenvalue weighted by atomic mass is 16.5. The van der Waals surface area contributed by atoms with Crippen LogP contribution in [0.25, 0.3) is 0 Å². The molecule has 3 N–H and O–H groups in total. The predicted molar refractivity (Wildman–Crippen MR) is 91.4 cm³/mol. The summed E-state index contributed by atoms with van der Waals surface area (Å²) in [5.74, 6) is 0.355. The highest BCUT2D eigenvalue weighted by Gasteiger charge is 2.09. The number of hydrogen-bond acceptors (Lipinski definition) is 6. The standard InChI is InChI=1S/C18H22N2O4/c1-2-13(21)7-6-12-24-17-11-5-10-16(23)18(17)20-19-14-8-3-4-9-15(14)22/h3-5,8-11,13,21-23H,2,6-7,12H2,1H3. The summed E-state index contributed by atoms with van der Waals surface area (Å²) in [4.78, 5) is 0. The summed E-state index contributed by atoms with van der Waals surface area (Å²) in [6, 6.07) is 11.4. The van der Waals surface area contributed by atoms with E-state index in [1.165, 1.54) is 12.1 Å². The number of hydrogen-bond donors (Lipinski definition) is 3. The van der Waals surface area contributed by atoms with E-state index in [1.807, 2.05) is 6.92 Å². The number of nitrogens with zero attached hydrogens (tertiary/aromatic N) is 2. The van der Waals surface area contributed by atoms with Crippen LogP contribution >= 0.6 is 0 Å². The van der Waals surface area contributed by atoms with Crippen LogP contribution in [0.15, 0.2) is 52.7 Å². The van der Waals surface area contributed by atoms with Crippen molar-refractivity contribution in [2.45, 2.75) is 32.3 Å². The smallest absolute Gasteiger partial charge is 0.169 e. The van der Waals surface area contributed by atoms with Gasteiger partial charge in [-0.05, 0) is 43.5 Å². The van der Waals surface area contributed by atoms with Gasteiger partial charge in [0.15, 0.2) is 11.4 Å². The summed E-state index contributed by atoms with van der Waals surface area (Å²) >= 11 is 0. The fourth-order valence-electron chi connectivity index (χ4n) is 2.09. The molecule has 0 saturated carbocycles. The maximum absolute atomic E-state index is 9.99. The number of azo groups is 1. The molecule has 0 aliphatic rings. The van der Waals surface area contributed by atoms with E-state index in [4.69, 9.17) is 4.74 Å². The molecule has 0 aromatic heterocycles. The predicted octanol–water partition coefficient (Wildman–Crippen LogP) is 4.44. The van der Waals surface area contributed by atoms with Crippen molar-refractivity contribution in [1.82, 2.24) is 0 Å². The average molecular weight is 330 g/mol. The zero-order valence-electron chi connectivity index (χ0n) is 13.6. The number of rotatable bonds is 8. The first-order valence-electron chi connectivity index (χ1n) is 7.94. The number of aromatic hydroxyl groups is 2. The minimum atomic E-state index is -0.321. The molecule has 2 aromatic rings. The first-order chi connectivity index (χ1) is 11.6. The molecular weight excluding hydrogens is 308 g/mol. The molecule has 2 aromatic carbocycles. The second kappa shape index (κ2) is 8.88. The lowest BCUT2D eigenvalue weighted by Gasteiger charge is -2.11. The number of benzene rings is 2. The van der Waals surface area contributed by atoms with Crippen molar-refractivity contribution in [3.63, 3.8) is 0 Å². The van der Waals surface area contributed by atoms with Crippen molar-refractivity contribution in [2.75, 3.05) is 6.61 Å². The minimum absolute atomic E-state index is 0.00712. The second-order valence-corrected chi connectivity index (χ2v) is 5.37. The SMILES string of the molecule is CCC(O)CCCOc1cccc(O)c1N=Nc1ccccc1O. The van der Waals surface area contributed by atoms with Crippen LogP contribution in [0.4, 0.5) is 11.4 Å². The monoisotopic (exact) mass is 330 g/mol. The molecule has 1 atom stereocenters. The van der Waals surface area contributed by atoms with Gasteiger partial charge in [-0.2, -0.15) is 0 Å². The van der Waals surface area contributed by atoms with Crippen LogP contribution in [-0.2, 0) is 0 Å². The summed E-state index contributed by atoms with van der Waals surface area (Å²) in [6.45, 7) is 2.33. The van der Waals surface area contributed by atoms with Gasteiger partial charge in [0, 0.05) is 0 Å². The largest absolute Gasteiger partial charge is 0.506 e. The Labute approximate surface area is 141 Å². The lowest BCUT2D eigenvalue weighted by molar-refractivity contribution is 0.149. The van der Waals surface area contributed by atoms with Crippen LogP contribution in [-0.4, -0.2) is 28.0 Å². The number of ether oxygens (including phenoxy) is 1. The van der Waals surface area contributed by atoms with Gasteiger partial charge in [0.1, 0.15) is 17.2 Å². The fourth-order valence-corrected chi connectivity index (χ4v) is 2.09. The Bertz CT molecular complexity index is 688. The van der Waals surface area contributed by atoms with E-state index >= 15 is 0 Å². The van der Waals surface area contributed by atoms with Gasteiger partial charge in [0.05, 0.1) is 12.7 Å². The van der Waals surface area contributed by atoms with E-state index < -0.39 is 0 Å². The molecule has 0 amide bonds. The number of phenolic OH excluding ortho intramolecular Hbond substituents is 2. The first kappa shape index (κ1) is 17.7. The Morgan fingerprint density at radius 1 is 1.00 bits per heavy atom. The van der Waals surface area contributed by atoms with Crippen molar-refractivity contribution >= 4 is 11.4 Å². The van der Waals surface area contributed by atoms with Gasteiger partial charge in [-0.25, -0.2) is 0 Å². The Hall–Kier alpha value is -2.60. The van der Waals surface area contributed by atoms with E-state index in [1.54, 1.807) is 30.3 Å². The van der Waals surface area contributed by atoms with Crippen molar-refractivity contribution < 1.29 is 20.1 Å². The number of aliphatic hydroxyl groups is 1. The quantitative estimate of drug-likeness (QED) is 0.492. The molecule has 1 unspecified atom stereocenters. The third-order valence-electron chi connectivity index (χ3n) is 3.53. The van der Waals surface area contributed by atoms with Gasteiger partial charge >= 0.3 is 0 Å². The van der Waals surface area contributed by atoms with Crippen LogP contribution in [0.5, 0.6) is 17.2 Å². The van der Waals surface area contributed by atoms with Gasteiger partial charge in [-0.3, -0.25) is 0 Å². The lowest BCUT2D eigenvalue weighted by Crippen LogP contribution is -2.07. The molecule has 0 saturated heterocycles. The van der Waals surface area contributed by atoms with Crippen LogP contribution in [0.3, 0.4) is 0 Å². The maximum Gasteiger partial charge on any atom is 0.169 e. The van der Waals surface area contributed by atoms with E-state index in [-0.39, 0.29) is 23.3 Å². The number of para-hydroxylation sites is 1. The zero-order valence-corrected chi connectivity index (χ0v) is 13.6. The Morgan fingerprint density at radius 3 is 2.50 bits per heavy atom. The Morgan fingerprint density at radius 2 is 1.75 bits per heavy atom. The van der Waals surface area contributed by atoms with Crippen LogP contribution in [0, 0.1) is 0 Å². The van der Waals surface area contributed by atoms with Crippen molar-refractivity contribution in [3.05, 3.63) is 42.5 Å². The van der Waals surface area contributed by atoms with E-state index in [0.29, 0.717) is 37.3 Å². The molecule has 6 heteroatoms. The van der Waals surface area contributed by atoms with Crippen molar-refractivity contribution in [2.24, 2.45) is 10.2 Å². The summed E-state index contributed by atoms with van der Waals surface area (Å²) in [6.07, 6.45) is 1.75. The highest BCUT2D eigenvalue weighted by molar-refractivity contribution is 5.61. The molecule has 2 rings (SSSR count). The molecule has 0 aliphatic heterocycles. The molecule has 128 valence electrons. The van der Waals surface area contributed by atoms with Crippen LogP contribution in [0.2, 0.25) is 0 Å². The first-order valence-corrected chi connectivity index (χ1v) is 7.94. The molecule has 0 heterocycles. The van der Waals surface area contributed by atoms with Gasteiger partial charge < -0.3 is 20.1 Å². The Balaban J connectivity index is 2.08. The molecule has 0 aliphatic carbocycles. The van der Waals surface area contributed by atoms with E-state index in [0.717, 1.165) is 0 Å². The number of aliphatic hydroxyl groups excluding tert-OH is 1. The summed E-state index contributed by atoms with van der Waals surface area (Å²) in [5.41, 5.74) is 0.509. The van der Waals surface area contributed by atoms with Crippen LogP contribution < -0.4 is 4.74 Å². The normalized spacial score (nSPS) is 12.4. The van der Waals surface area contributed by atoms with Crippen molar-refractivity contribution in [1.29, 1.82) is 0 Å². The highest BCUT2D eigenvalue weighted by Crippen LogP contribution is 2.38. The zero-order chi connectivity index (χ0) is 17.4. The topological polar surface area (TPSA) is 94.6 Å². The van der Waals surface area contributed by atoms with E-state index in [2.05, 4.69) is 10.2 Å². The van der Waals surface area contributed by atoms with E-state index in [9.17, 15) is 15.3 Å². The third kappa shape index (κ3) is 4.96. The minimum Gasteiger partial charge on any atom is -0.506 e. The summed E-state index contributed by atoms with van der Waals surface area (Å²) in [7, 11) is 0. The molecule has 0 radical (unpaired) electrons. The summed E-state index contributed by atoms with van der Waals surface area (Å²) < 4.78 is 5.64. The van der Waals surface area contributed by atoms with Gasteiger partial charge in [0.2, 0.25) is 0 Å². The second-order valence-electron chi connectivity index (χ2n) is 5.37. The molecule has 6 nitrogen and oxygen atoms in total. The molecular formula is C18H22N2O4. The van der Waals surface area contributed by atoms with Crippen LogP contribution in [0.1, 0.15) is 26.2 Å². The fraction of sp³-hybridized carbons (Fsp3) is 0.333. The maximum atomic E-state index is 9.99. The van der Waals surface area contributed by atoms with Gasteiger partial charge in [0.25, 0.3) is 0 Å². The Kier molecular flexibility index (Phi) is 6.57. The molecule has 0 spiro atoms. The number of phenols is 2. The summed E-state index contributed by atoms with van der Waals surface area (Å²) in [5, 5.41) is 37.2. The van der Waals surface area contributed by atoms with Crippen molar-refractivity contribution in [3.8, 4) is 17.2 Å². The van der Waals surface area contributed by atoms with Gasteiger partial charge in [-0.15, -0.1) is 10.2 Å². The third-order valence-corrected chi connectivity index (χ3v) is 3.53. The molecule has 24 heavy (non-hydrogen) atoms. The average Bonchev–Trinajstić information content (AvgIpc) is 2.59.